The molecule has 1 unspecified atom stereocenters. The first-order valence-electron chi connectivity index (χ1n) is 11.7. The molecule has 0 aliphatic heterocycles. The number of nitrogens with zero attached hydrogens (tertiary/aromatic N) is 4. The highest BCUT2D eigenvalue weighted by Crippen LogP contribution is 2.39. The summed E-state index contributed by atoms with van der Waals surface area (Å²) >= 11 is 1.32. The van der Waals surface area contributed by atoms with E-state index in [9.17, 15) is 9.18 Å². The fraction of sp³-hybridized carbons (Fsp3) is 0.259. The van der Waals surface area contributed by atoms with Crippen molar-refractivity contribution in [3.63, 3.8) is 0 Å². The molecule has 35 heavy (non-hydrogen) atoms. The molecule has 0 saturated heterocycles. The van der Waals surface area contributed by atoms with Gasteiger partial charge in [0.2, 0.25) is 5.91 Å². The molecule has 2 aromatic heterocycles. The highest BCUT2D eigenvalue weighted by molar-refractivity contribution is 8.00. The van der Waals surface area contributed by atoms with Crippen LogP contribution < -0.4 is 5.32 Å². The Balaban J connectivity index is 1.62. The summed E-state index contributed by atoms with van der Waals surface area (Å²) in [7, 11) is 0. The SMILES string of the molecule is CC(C)c1ccccc1-n1c(SC(C(=O)NC2CC2)c2ccc(F)cc2)nnc1-c1cccnc1. The fourth-order valence-corrected chi connectivity index (χ4v) is 5.00. The normalized spacial score (nSPS) is 14.2. The first-order chi connectivity index (χ1) is 17.0. The van der Waals surface area contributed by atoms with Crippen LogP contribution in [0.15, 0.2) is 78.2 Å². The van der Waals surface area contributed by atoms with E-state index in [1.165, 1.54) is 23.9 Å². The zero-order chi connectivity index (χ0) is 24.4. The molecule has 6 nitrogen and oxygen atoms in total. The molecule has 1 atom stereocenters. The van der Waals surface area contributed by atoms with Gasteiger partial charge in [0.15, 0.2) is 11.0 Å². The Hall–Kier alpha value is -3.52. The van der Waals surface area contributed by atoms with Gasteiger partial charge in [-0.1, -0.05) is 55.9 Å². The molecular weight excluding hydrogens is 461 g/mol. The van der Waals surface area contributed by atoms with E-state index >= 15 is 0 Å². The lowest BCUT2D eigenvalue weighted by atomic mass is 10.0. The summed E-state index contributed by atoms with van der Waals surface area (Å²) in [4.78, 5) is 17.5. The number of halogens is 1. The van der Waals surface area contributed by atoms with Crippen LogP contribution >= 0.6 is 11.8 Å². The van der Waals surface area contributed by atoms with Gasteiger partial charge >= 0.3 is 0 Å². The lowest BCUT2D eigenvalue weighted by molar-refractivity contribution is -0.120. The molecule has 4 aromatic rings. The molecule has 2 heterocycles. The Bertz CT molecular complexity index is 1320. The molecule has 5 rings (SSSR count). The van der Waals surface area contributed by atoms with Crippen molar-refractivity contribution in [3.05, 3.63) is 90.0 Å². The summed E-state index contributed by atoms with van der Waals surface area (Å²) in [6, 6.07) is 18.2. The largest absolute Gasteiger partial charge is 0.352 e. The predicted octanol–water partition coefficient (Wildman–Crippen LogP) is 5.70. The van der Waals surface area contributed by atoms with E-state index in [0.717, 1.165) is 29.7 Å². The highest BCUT2D eigenvalue weighted by atomic mass is 32.2. The molecule has 2 aromatic carbocycles. The lowest BCUT2D eigenvalue weighted by Gasteiger charge is -2.20. The number of benzene rings is 2. The number of amides is 1. The number of aromatic nitrogens is 4. The topological polar surface area (TPSA) is 72.7 Å². The van der Waals surface area contributed by atoms with E-state index in [1.807, 2.05) is 34.9 Å². The summed E-state index contributed by atoms with van der Waals surface area (Å²) < 4.78 is 15.7. The van der Waals surface area contributed by atoms with Crippen LogP contribution in [0.2, 0.25) is 0 Å². The summed E-state index contributed by atoms with van der Waals surface area (Å²) in [5, 5.41) is 12.1. The van der Waals surface area contributed by atoms with Gasteiger partial charge in [0.05, 0.1) is 5.69 Å². The van der Waals surface area contributed by atoms with Gasteiger partial charge in [0.25, 0.3) is 0 Å². The molecule has 0 spiro atoms. The Morgan fingerprint density at radius 2 is 1.83 bits per heavy atom. The average Bonchev–Trinajstić information content (AvgIpc) is 3.59. The van der Waals surface area contributed by atoms with Crippen molar-refractivity contribution in [2.75, 3.05) is 0 Å². The molecule has 1 saturated carbocycles. The Kier molecular flexibility index (Phi) is 6.63. The molecule has 1 amide bonds. The zero-order valence-electron chi connectivity index (χ0n) is 19.6. The number of nitrogens with one attached hydrogen (secondary N) is 1. The molecule has 1 N–H and O–H groups in total. The maximum atomic E-state index is 13.7. The van der Waals surface area contributed by atoms with Crippen LogP contribution in [0.3, 0.4) is 0 Å². The first kappa shape index (κ1) is 23.2. The van der Waals surface area contributed by atoms with Crippen molar-refractivity contribution < 1.29 is 9.18 Å². The van der Waals surface area contributed by atoms with Crippen LogP contribution in [-0.4, -0.2) is 31.7 Å². The summed E-state index contributed by atoms with van der Waals surface area (Å²) in [5.41, 5.74) is 3.63. The minimum Gasteiger partial charge on any atom is -0.352 e. The second kappa shape index (κ2) is 10.00. The van der Waals surface area contributed by atoms with Crippen molar-refractivity contribution >= 4 is 17.7 Å². The van der Waals surface area contributed by atoms with Crippen LogP contribution in [0.5, 0.6) is 0 Å². The number of rotatable bonds is 8. The minimum atomic E-state index is -0.605. The van der Waals surface area contributed by atoms with E-state index in [2.05, 4.69) is 40.4 Å². The van der Waals surface area contributed by atoms with Crippen LogP contribution in [0.4, 0.5) is 4.39 Å². The first-order valence-corrected chi connectivity index (χ1v) is 12.6. The quantitative estimate of drug-likeness (QED) is 0.323. The van der Waals surface area contributed by atoms with Gasteiger partial charge in [-0.15, -0.1) is 10.2 Å². The van der Waals surface area contributed by atoms with Crippen LogP contribution in [0.25, 0.3) is 17.1 Å². The molecule has 1 aliphatic carbocycles. The molecule has 1 aliphatic rings. The van der Waals surface area contributed by atoms with Gasteiger partial charge in [-0.2, -0.15) is 0 Å². The monoisotopic (exact) mass is 487 g/mol. The molecule has 0 radical (unpaired) electrons. The van der Waals surface area contributed by atoms with Crippen molar-refractivity contribution in [2.45, 2.75) is 49.1 Å². The Morgan fingerprint density at radius 1 is 1.06 bits per heavy atom. The molecule has 0 bridgehead atoms. The number of pyridine rings is 1. The molecule has 1 fully saturated rings. The smallest absolute Gasteiger partial charge is 0.238 e. The van der Waals surface area contributed by atoms with Crippen molar-refractivity contribution in [3.8, 4) is 17.1 Å². The third-order valence-corrected chi connectivity index (χ3v) is 7.11. The molecule has 8 heteroatoms. The predicted molar refractivity (Wildman–Crippen MR) is 135 cm³/mol. The minimum absolute atomic E-state index is 0.112. The standard InChI is InChI=1S/C27H26FN5OS/c1-17(2)22-7-3-4-8-23(22)33-25(19-6-5-15-29-16-19)31-32-27(33)35-24(26(34)30-21-13-14-21)18-9-11-20(28)12-10-18/h3-12,15-17,21,24H,13-14H2,1-2H3,(H,30,34). The van der Waals surface area contributed by atoms with Crippen LogP contribution in [-0.2, 0) is 4.79 Å². The summed E-state index contributed by atoms with van der Waals surface area (Å²) in [5.74, 6) is 0.458. The number of para-hydroxylation sites is 1. The summed E-state index contributed by atoms with van der Waals surface area (Å²) in [6.45, 7) is 4.29. The number of hydrogen-bond donors (Lipinski definition) is 1. The van der Waals surface area contributed by atoms with Crippen LogP contribution in [0, 0.1) is 5.82 Å². The maximum absolute atomic E-state index is 13.7. The number of carbonyl (C=O) groups excluding carboxylic acids is 1. The van der Waals surface area contributed by atoms with Crippen molar-refractivity contribution in [2.24, 2.45) is 0 Å². The van der Waals surface area contributed by atoms with E-state index in [4.69, 9.17) is 0 Å². The fourth-order valence-electron chi connectivity index (χ4n) is 3.95. The van der Waals surface area contributed by atoms with Gasteiger partial charge in [-0.25, -0.2) is 4.39 Å². The highest BCUT2D eigenvalue weighted by Gasteiger charge is 2.31. The maximum Gasteiger partial charge on any atom is 0.238 e. The second-order valence-corrected chi connectivity index (χ2v) is 10.0. The van der Waals surface area contributed by atoms with Crippen LogP contribution in [0.1, 0.15) is 49.0 Å². The lowest BCUT2D eigenvalue weighted by Crippen LogP contribution is -2.30. The molecular formula is C27H26FN5OS. The van der Waals surface area contributed by atoms with Gasteiger partial charge in [-0.05, 0) is 60.2 Å². The van der Waals surface area contributed by atoms with E-state index in [1.54, 1.807) is 24.5 Å². The van der Waals surface area contributed by atoms with Gasteiger partial charge in [-0.3, -0.25) is 14.3 Å². The Morgan fingerprint density at radius 3 is 2.51 bits per heavy atom. The summed E-state index contributed by atoms with van der Waals surface area (Å²) in [6.07, 6.45) is 5.43. The van der Waals surface area contributed by atoms with E-state index < -0.39 is 5.25 Å². The Labute approximate surface area is 208 Å². The number of thioether (sulfide) groups is 1. The third-order valence-electron chi connectivity index (χ3n) is 5.91. The zero-order valence-corrected chi connectivity index (χ0v) is 20.4. The second-order valence-electron chi connectivity index (χ2n) is 8.93. The third kappa shape index (κ3) is 5.12. The van der Waals surface area contributed by atoms with Gasteiger partial charge in [0.1, 0.15) is 11.1 Å². The van der Waals surface area contributed by atoms with Gasteiger partial charge < -0.3 is 5.32 Å². The van der Waals surface area contributed by atoms with E-state index in [-0.39, 0.29) is 23.7 Å². The number of carbonyl (C=O) groups is 1. The van der Waals surface area contributed by atoms with Crippen molar-refractivity contribution in [1.29, 1.82) is 0 Å². The van der Waals surface area contributed by atoms with E-state index in [0.29, 0.717) is 16.5 Å². The van der Waals surface area contributed by atoms with Crippen molar-refractivity contribution in [1.82, 2.24) is 25.1 Å². The molecule has 178 valence electrons. The average molecular weight is 488 g/mol. The van der Waals surface area contributed by atoms with Gasteiger partial charge in [0, 0.05) is 24.0 Å². The number of hydrogen-bond acceptors (Lipinski definition) is 5.